The molecule has 286 valence electrons. The van der Waals surface area contributed by atoms with Gasteiger partial charge in [-0.2, -0.15) is 0 Å². The molecule has 0 radical (unpaired) electrons. The van der Waals surface area contributed by atoms with E-state index < -0.39 is 0 Å². The van der Waals surface area contributed by atoms with E-state index in [1.807, 2.05) is 19.1 Å². The summed E-state index contributed by atoms with van der Waals surface area (Å²) < 4.78 is 3.36. The molecule has 0 saturated heterocycles. The Bertz CT molecular complexity index is 2670. The number of nitrogens with zero attached hydrogens (tertiary/aromatic N) is 2. The molecule has 0 spiro atoms. The number of allylic oxidation sites excluding steroid dienone is 9. The van der Waals surface area contributed by atoms with E-state index in [-0.39, 0.29) is 11.3 Å². The van der Waals surface area contributed by atoms with Gasteiger partial charge in [0, 0.05) is 72.6 Å². The Kier molecular flexibility index (Phi) is 12.0. The van der Waals surface area contributed by atoms with Gasteiger partial charge in [-0.15, -0.1) is 11.3 Å². The highest BCUT2D eigenvalue weighted by Gasteiger charge is 2.19. The zero-order valence-electron chi connectivity index (χ0n) is 34.1. The van der Waals surface area contributed by atoms with E-state index >= 15 is 0 Å². The fourth-order valence-electron chi connectivity index (χ4n) is 7.99. The molecule has 2 aliphatic rings. The minimum Gasteiger partial charge on any atom is -0.348 e. The highest BCUT2D eigenvalue weighted by molar-refractivity contribution is 7.10. The Hall–Kier alpha value is -5.97. The highest BCUT2D eigenvalue weighted by Crippen LogP contribution is 2.33. The van der Waals surface area contributed by atoms with Crippen LogP contribution in [-0.2, 0) is 0 Å². The summed E-state index contributed by atoms with van der Waals surface area (Å²) in [6.07, 6.45) is 28.9. The fraction of sp³-hybridized carbons (Fsp3) is 0.189. The topological polar surface area (TPSA) is 25.2 Å². The van der Waals surface area contributed by atoms with Gasteiger partial charge in [0.25, 0.3) is 0 Å². The second-order valence-electron chi connectivity index (χ2n) is 14.8. The van der Waals surface area contributed by atoms with Crippen LogP contribution in [0.3, 0.4) is 0 Å². The van der Waals surface area contributed by atoms with Crippen molar-refractivity contribution >= 4 is 64.6 Å². The van der Waals surface area contributed by atoms with E-state index in [2.05, 4.69) is 190 Å². The number of anilines is 1. The van der Waals surface area contributed by atoms with Crippen molar-refractivity contribution in [2.45, 2.75) is 59.8 Å². The quantitative estimate of drug-likeness (QED) is 0.125. The lowest BCUT2D eigenvalue weighted by atomic mass is 9.97. The average molecular weight is 765 g/mol. The van der Waals surface area contributed by atoms with Crippen molar-refractivity contribution in [2.24, 2.45) is 0 Å². The number of hydrogen-bond donors (Lipinski definition) is 0. The fourth-order valence-corrected chi connectivity index (χ4v) is 9.09. The third kappa shape index (κ3) is 8.01. The number of hydrogen-bond acceptors (Lipinski definition) is 3. The van der Waals surface area contributed by atoms with Crippen LogP contribution in [0.5, 0.6) is 0 Å². The Morgan fingerprint density at radius 2 is 1.70 bits per heavy atom. The third-order valence-corrected chi connectivity index (χ3v) is 12.4. The van der Waals surface area contributed by atoms with Crippen molar-refractivity contribution in [1.82, 2.24) is 4.57 Å². The lowest BCUT2D eigenvalue weighted by molar-refractivity contribution is 0.976. The summed E-state index contributed by atoms with van der Waals surface area (Å²) in [6, 6.07) is 28.0. The predicted molar refractivity (Wildman–Crippen MR) is 250 cm³/mol. The summed E-state index contributed by atoms with van der Waals surface area (Å²) in [7, 11) is 2.10. The van der Waals surface area contributed by atoms with E-state index in [4.69, 9.17) is 0 Å². The normalized spacial score (nSPS) is 15.3. The number of aromatic nitrogens is 1. The van der Waals surface area contributed by atoms with E-state index in [9.17, 15) is 4.79 Å². The summed E-state index contributed by atoms with van der Waals surface area (Å²) in [6.45, 7) is 14.7. The maximum Gasteiger partial charge on any atom is 0.191 e. The van der Waals surface area contributed by atoms with Gasteiger partial charge >= 0.3 is 0 Å². The molecule has 0 saturated carbocycles. The molecule has 0 bridgehead atoms. The van der Waals surface area contributed by atoms with Crippen molar-refractivity contribution < 1.29 is 0 Å². The van der Waals surface area contributed by atoms with Gasteiger partial charge in [0.15, 0.2) is 5.43 Å². The molecule has 0 aliphatic heterocycles. The van der Waals surface area contributed by atoms with Gasteiger partial charge in [-0.25, -0.2) is 0 Å². The molecular formula is C53H52N2OS. The van der Waals surface area contributed by atoms with Gasteiger partial charge in [0.2, 0.25) is 0 Å². The van der Waals surface area contributed by atoms with E-state index in [0.29, 0.717) is 0 Å². The Labute approximate surface area is 342 Å². The second kappa shape index (κ2) is 17.4. The highest BCUT2D eigenvalue weighted by atomic mass is 32.1. The van der Waals surface area contributed by atoms with Crippen molar-refractivity contribution in [3.63, 3.8) is 0 Å². The van der Waals surface area contributed by atoms with Crippen molar-refractivity contribution in [2.75, 3.05) is 11.9 Å². The van der Waals surface area contributed by atoms with Gasteiger partial charge in [0.1, 0.15) is 0 Å². The lowest BCUT2D eigenvalue weighted by Crippen LogP contribution is -2.39. The van der Waals surface area contributed by atoms with Crippen molar-refractivity contribution in [3.05, 3.63) is 197 Å². The Balaban J connectivity index is 1.18. The number of fused-ring (bicyclic) bond motifs is 2. The summed E-state index contributed by atoms with van der Waals surface area (Å²) in [5.74, 6) is -0.0115. The first-order valence-corrected chi connectivity index (χ1v) is 20.8. The smallest absolute Gasteiger partial charge is 0.191 e. The molecule has 0 fully saturated rings. The first-order valence-electron chi connectivity index (χ1n) is 20.0. The lowest BCUT2D eigenvalue weighted by Gasteiger charge is -2.23. The largest absolute Gasteiger partial charge is 0.348 e. The zero-order chi connectivity index (χ0) is 40.1. The van der Waals surface area contributed by atoms with E-state index in [1.165, 1.54) is 33.7 Å². The van der Waals surface area contributed by atoms with Crippen molar-refractivity contribution in [3.8, 4) is 5.69 Å². The molecule has 2 aliphatic carbocycles. The van der Waals surface area contributed by atoms with Crippen LogP contribution in [0.4, 0.5) is 5.69 Å². The molecule has 1 unspecified atom stereocenters. The second-order valence-corrected chi connectivity index (χ2v) is 15.9. The molecule has 3 nitrogen and oxygen atoms in total. The van der Waals surface area contributed by atoms with Crippen LogP contribution in [-0.4, -0.2) is 11.6 Å². The number of benzene rings is 3. The van der Waals surface area contributed by atoms with Crippen LogP contribution in [0.15, 0.2) is 132 Å². The molecule has 5 aromatic rings. The summed E-state index contributed by atoms with van der Waals surface area (Å²) in [5, 5.41) is 0.787. The van der Waals surface area contributed by atoms with Gasteiger partial charge < -0.3 is 9.47 Å². The molecule has 2 heterocycles. The minimum atomic E-state index is -0.0115. The maximum absolute atomic E-state index is 14.2. The molecular weight excluding hydrogens is 713 g/mol. The van der Waals surface area contributed by atoms with E-state index in [1.54, 1.807) is 11.3 Å². The Morgan fingerprint density at radius 1 is 0.965 bits per heavy atom. The minimum absolute atomic E-state index is 0.0115. The Morgan fingerprint density at radius 3 is 2.40 bits per heavy atom. The maximum atomic E-state index is 14.2. The molecule has 2 aromatic heterocycles. The zero-order valence-corrected chi connectivity index (χ0v) is 34.9. The summed E-state index contributed by atoms with van der Waals surface area (Å²) in [4.78, 5) is 17.4. The van der Waals surface area contributed by atoms with Crippen molar-refractivity contribution in [1.29, 1.82) is 0 Å². The van der Waals surface area contributed by atoms with Crippen LogP contribution < -0.4 is 20.1 Å². The number of rotatable bonds is 11. The molecule has 7 rings (SSSR count). The average Bonchev–Trinajstić information content (AvgIpc) is 3.45. The van der Waals surface area contributed by atoms with E-state index in [0.717, 1.165) is 73.2 Å². The summed E-state index contributed by atoms with van der Waals surface area (Å²) in [5.41, 5.74) is 15.1. The SMILES string of the molecule is C=C/C(=C(\C)N(C)c1ccc(/C(=C/c2sc3c(c(=O)c2C)=CC(c2ccc(-n4c(C)c(/C=C\C)c5c4C=CCC=C5)cc2)C=CC=3)CCC)cc1)c1ccccc1. The first-order chi connectivity index (χ1) is 27.7. The molecule has 1 atom stereocenters. The van der Waals surface area contributed by atoms with Gasteiger partial charge in [-0.1, -0.05) is 129 Å². The van der Waals surface area contributed by atoms with Crippen LogP contribution in [0.2, 0.25) is 0 Å². The van der Waals surface area contributed by atoms with Gasteiger partial charge in [0.05, 0.1) is 5.69 Å². The van der Waals surface area contributed by atoms with Gasteiger partial charge in [-0.3, -0.25) is 4.79 Å². The molecule has 3 aromatic carbocycles. The third-order valence-electron chi connectivity index (χ3n) is 11.2. The predicted octanol–water partition coefficient (Wildman–Crippen LogP) is 12.3. The molecule has 57 heavy (non-hydrogen) atoms. The standard InChI is InChI=1S/C53H52N2OS/c1-8-18-42(39-26-30-44(31-27-39)54(7)37(5)46(10-3)41-20-13-11-14-21-41)35-52-36(4)53(56)49-34-43(22-17-25-51(49)57-52)40-28-32-45(33-29-40)55-38(6)47(19-9-2)48-23-15-12-16-24-50(48)55/h9-11,13-17,19-35,43H,3,8,12,18H2,1-2,4-7H3/b19-9-,42-35+,46-37-. The molecule has 0 N–H and O–H groups in total. The van der Waals surface area contributed by atoms with Crippen LogP contribution >= 0.6 is 11.3 Å². The van der Waals surface area contributed by atoms with Crippen LogP contribution in [0.25, 0.3) is 53.3 Å². The monoisotopic (exact) mass is 764 g/mol. The molecule has 0 amide bonds. The van der Waals surface area contributed by atoms with Crippen LogP contribution in [0, 0.1) is 13.8 Å². The molecule has 4 heteroatoms. The summed E-state index contributed by atoms with van der Waals surface area (Å²) >= 11 is 1.70. The van der Waals surface area contributed by atoms with Crippen LogP contribution in [0.1, 0.15) is 95.6 Å². The first kappa shape index (κ1) is 39.3. The van der Waals surface area contributed by atoms with Gasteiger partial charge in [-0.05, 0) is 105 Å².